The molecule has 1 unspecified atom stereocenters. The molecule has 1 aromatic rings. The van der Waals surface area contributed by atoms with Crippen LogP contribution in [-0.2, 0) is 6.42 Å². The summed E-state index contributed by atoms with van der Waals surface area (Å²) in [7, 11) is 0. The summed E-state index contributed by atoms with van der Waals surface area (Å²) in [6.45, 7) is 2.39. The molecule has 1 atom stereocenters. The van der Waals surface area contributed by atoms with E-state index in [1.165, 1.54) is 62.9 Å². The first kappa shape index (κ1) is 13.6. The van der Waals surface area contributed by atoms with Gasteiger partial charge in [0.1, 0.15) is 0 Å². The van der Waals surface area contributed by atoms with Gasteiger partial charge in [-0.2, -0.15) is 0 Å². The molecule has 2 aliphatic rings. The van der Waals surface area contributed by atoms with Crippen molar-refractivity contribution in [1.29, 1.82) is 0 Å². The van der Waals surface area contributed by atoms with Gasteiger partial charge >= 0.3 is 0 Å². The molecule has 0 spiro atoms. The average Bonchev–Trinajstić information content (AvgIpc) is 3.11. The number of piperidine rings is 1. The number of aliphatic hydroxyl groups excluding tert-OH is 1. The van der Waals surface area contributed by atoms with Crippen LogP contribution in [0.1, 0.15) is 49.8 Å². The Morgan fingerprint density at radius 2 is 1.89 bits per heavy atom. The Morgan fingerprint density at radius 3 is 2.53 bits per heavy atom. The van der Waals surface area contributed by atoms with Gasteiger partial charge in [-0.05, 0) is 50.2 Å². The first-order valence-corrected chi connectivity index (χ1v) is 8.65. The van der Waals surface area contributed by atoms with Crippen LogP contribution in [0.5, 0.6) is 0 Å². The van der Waals surface area contributed by atoms with E-state index in [1.807, 2.05) is 0 Å². The SMILES string of the molecule is OC(Cc1cccs1)C1(N2CCCCC2)CCCC1. The lowest BCUT2D eigenvalue weighted by atomic mass is 9.84. The van der Waals surface area contributed by atoms with Gasteiger partial charge < -0.3 is 5.11 Å². The van der Waals surface area contributed by atoms with Gasteiger partial charge in [0, 0.05) is 16.8 Å². The third-order valence-electron chi connectivity index (χ3n) is 5.05. The predicted molar refractivity (Wildman–Crippen MR) is 80.7 cm³/mol. The second-order valence-electron chi connectivity index (χ2n) is 6.16. The van der Waals surface area contributed by atoms with Crippen molar-refractivity contribution in [3.63, 3.8) is 0 Å². The Hall–Kier alpha value is -0.380. The van der Waals surface area contributed by atoms with Crippen molar-refractivity contribution in [3.05, 3.63) is 22.4 Å². The summed E-state index contributed by atoms with van der Waals surface area (Å²) in [6, 6.07) is 4.25. The monoisotopic (exact) mass is 279 g/mol. The van der Waals surface area contributed by atoms with Crippen molar-refractivity contribution in [1.82, 2.24) is 4.90 Å². The molecule has 3 rings (SSSR count). The Balaban J connectivity index is 1.75. The fraction of sp³-hybridized carbons (Fsp3) is 0.750. The maximum atomic E-state index is 10.9. The van der Waals surface area contributed by atoms with Crippen LogP contribution in [0.4, 0.5) is 0 Å². The molecule has 3 heteroatoms. The number of nitrogens with zero attached hydrogens (tertiary/aromatic N) is 1. The van der Waals surface area contributed by atoms with Gasteiger partial charge in [-0.1, -0.05) is 25.3 Å². The highest BCUT2D eigenvalue weighted by atomic mass is 32.1. The molecule has 1 aliphatic carbocycles. The van der Waals surface area contributed by atoms with Crippen molar-refractivity contribution >= 4 is 11.3 Å². The zero-order chi connectivity index (χ0) is 13.1. The minimum absolute atomic E-state index is 0.0877. The summed E-state index contributed by atoms with van der Waals surface area (Å²) < 4.78 is 0. The van der Waals surface area contributed by atoms with E-state index in [1.54, 1.807) is 11.3 Å². The Kier molecular flexibility index (Phi) is 4.25. The fourth-order valence-electron chi connectivity index (χ4n) is 4.00. The van der Waals surface area contributed by atoms with Gasteiger partial charge in [-0.15, -0.1) is 11.3 Å². The van der Waals surface area contributed by atoms with Gasteiger partial charge in [-0.3, -0.25) is 4.90 Å². The van der Waals surface area contributed by atoms with Crippen LogP contribution in [0.2, 0.25) is 0 Å². The average molecular weight is 279 g/mol. The third kappa shape index (κ3) is 2.74. The van der Waals surface area contributed by atoms with E-state index in [0.29, 0.717) is 0 Å². The Labute approximate surface area is 120 Å². The lowest BCUT2D eigenvalue weighted by Gasteiger charge is -2.46. The Bertz CT molecular complexity index is 377. The summed E-state index contributed by atoms with van der Waals surface area (Å²) in [6.07, 6.45) is 9.62. The van der Waals surface area contributed by atoms with Crippen LogP contribution >= 0.6 is 11.3 Å². The third-order valence-corrected chi connectivity index (χ3v) is 5.95. The number of rotatable bonds is 4. The summed E-state index contributed by atoms with van der Waals surface area (Å²) in [4.78, 5) is 3.96. The molecule has 1 aliphatic heterocycles. The zero-order valence-corrected chi connectivity index (χ0v) is 12.5. The fourth-order valence-corrected chi connectivity index (χ4v) is 4.74. The lowest BCUT2D eigenvalue weighted by molar-refractivity contribution is -0.0377. The number of aliphatic hydroxyl groups is 1. The van der Waals surface area contributed by atoms with Crippen molar-refractivity contribution in [2.45, 2.75) is 63.0 Å². The molecule has 19 heavy (non-hydrogen) atoms. The number of hydrogen-bond acceptors (Lipinski definition) is 3. The summed E-state index contributed by atoms with van der Waals surface area (Å²) in [5.41, 5.74) is 0.0877. The van der Waals surface area contributed by atoms with Crippen molar-refractivity contribution in [2.75, 3.05) is 13.1 Å². The van der Waals surface area contributed by atoms with Crippen molar-refractivity contribution in [3.8, 4) is 0 Å². The zero-order valence-electron chi connectivity index (χ0n) is 11.7. The molecule has 1 aromatic heterocycles. The molecule has 1 N–H and O–H groups in total. The number of likely N-dealkylation sites (tertiary alicyclic amines) is 1. The highest BCUT2D eigenvalue weighted by Crippen LogP contribution is 2.40. The van der Waals surface area contributed by atoms with Crippen LogP contribution in [0, 0.1) is 0 Å². The van der Waals surface area contributed by atoms with Gasteiger partial charge in [0.05, 0.1) is 6.10 Å². The van der Waals surface area contributed by atoms with Crippen LogP contribution in [0.3, 0.4) is 0 Å². The van der Waals surface area contributed by atoms with Crippen LogP contribution < -0.4 is 0 Å². The molecule has 0 bridgehead atoms. The topological polar surface area (TPSA) is 23.5 Å². The lowest BCUT2D eigenvalue weighted by Crippen LogP contribution is -2.57. The van der Waals surface area contributed by atoms with E-state index in [0.717, 1.165) is 6.42 Å². The van der Waals surface area contributed by atoms with E-state index in [-0.39, 0.29) is 11.6 Å². The molecule has 0 amide bonds. The minimum atomic E-state index is -0.188. The van der Waals surface area contributed by atoms with Crippen molar-refractivity contribution in [2.24, 2.45) is 0 Å². The van der Waals surface area contributed by atoms with E-state index in [9.17, 15) is 5.11 Å². The second kappa shape index (κ2) is 5.94. The highest BCUT2D eigenvalue weighted by molar-refractivity contribution is 7.09. The smallest absolute Gasteiger partial charge is 0.0771 e. The highest BCUT2D eigenvalue weighted by Gasteiger charge is 2.45. The molecule has 2 nitrogen and oxygen atoms in total. The van der Waals surface area contributed by atoms with Crippen LogP contribution in [0.15, 0.2) is 17.5 Å². The van der Waals surface area contributed by atoms with E-state index < -0.39 is 0 Å². The quantitative estimate of drug-likeness (QED) is 0.912. The molecule has 0 radical (unpaired) electrons. The first-order chi connectivity index (χ1) is 9.31. The predicted octanol–water partition coefficient (Wildman–Crippen LogP) is 3.45. The molecule has 1 saturated heterocycles. The summed E-state index contributed by atoms with van der Waals surface area (Å²) >= 11 is 1.78. The van der Waals surface area contributed by atoms with Gasteiger partial charge in [0.2, 0.25) is 0 Å². The molecule has 106 valence electrons. The van der Waals surface area contributed by atoms with Crippen LogP contribution in [0.25, 0.3) is 0 Å². The standard InChI is InChI=1S/C16H25NOS/c18-15(13-14-7-6-12-19-14)16(8-2-3-9-16)17-10-4-1-5-11-17/h6-7,12,15,18H,1-5,8-11,13H2. The normalized spacial score (nSPS) is 25.5. The summed E-state index contributed by atoms with van der Waals surface area (Å²) in [5, 5.41) is 13.0. The summed E-state index contributed by atoms with van der Waals surface area (Å²) in [5.74, 6) is 0. The largest absolute Gasteiger partial charge is 0.391 e. The van der Waals surface area contributed by atoms with E-state index >= 15 is 0 Å². The molecule has 2 fully saturated rings. The minimum Gasteiger partial charge on any atom is -0.391 e. The van der Waals surface area contributed by atoms with Gasteiger partial charge in [0.15, 0.2) is 0 Å². The molecular formula is C16H25NOS. The van der Waals surface area contributed by atoms with Gasteiger partial charge in [0.25, 0.3) is 0 Å². The maximum Gasteiger partial charge on any atom is 0.0771 e. The van der Waals surface area contributed by atoms with E-state index in [4.69, 9.17) is 0 Å². The molecule has 2 heterocycles. The molecule has 1 saturated carbocycles. The first-order valence-electron chi connectivity index (χ1n) is 7.77. The maximum absolute atomic E-state index is 10.9. The number of hydrogen-bond donors (Lipinski definition) is 1. The van der Waals surface area contributed by atoms with Crippen molar-refractivity contribution < 1.29 is 5.11 Å². The molecular weight excluding hydrogens is 254 g/mol. The Morgan fingerprint density at radius 1 is 1.16 bits per heavy atom. The molecule has 0 aromatic carbocycles. The number of thiophene rings is 1. The second-order valence-corrected chi connectivity index (χ2v) is 7.19. The van der Waals surface area contributed by atoms with E-state index in [2.05, 4.69) is 22.4 Å². The van der Waals surface area contributed by atoms with Crippen LogP contribution in [-0.4, -0.2) is 34.7 Å². The van der Waals surface area contributed by atoms with Gasteiger partial charge in [-0.25, -0.2) is 0 Å².